The van der Waals surface area contributed by atoms with Crippen LogP contribution in [0.4, 0.5) is 8.78 Å². The fourth-order valence-corrected chi connectivity index (χ4v) is 3.31. The molecule has 0 radical (unpaired) electrons. The third-order valence-electron chi connectivity index (χ3n) is 4.61. The predicted molar refractivity (Wildman–Crippen MR) is 115 cm³/mol. The van der Waals surface area contributed by atoms with E-state index < -0.39 is 23.2 Å². The summed E-state index contributed by atoms with van der Waals surface area (Å²) in [5.74, 6) is -3.05. The van der Waals surface area contributed by atoms with Crippen molar-refractivity contribution in [3.05, 3.63) is 105 Å². The summed E-state index contributed by atoms with van der Waals surface area (Å²) >= 11 is 5.96. The Hall–Kier alpha value is -3.84. The van der Waals surface area contributed by atoms with Crippen molar-refractivity contribution in [1.82, 2.24) is 9.55 Å². The minimum Gasteiger partial charge on any atom is -0.478 e. The molecule has 0 bridgehead atoms. The number of carboxylic acids is 1. The van der Waals surface area contributed by atoms with Gasteiger partial charge in [-0.3, -0.25) is 9.36 Å². The predicted octanol–water partition coefficient (Wildman–Crippen LogP) is 5.19. The van der Waals surface area contributed by atoms with Crippen molar-refractivity contribution in [3.63, 3.8) is 0 Å². The number of carbonyl (C=O) groups is 1. The van der Waals surface area contributed by atoms with Crippen LogP contribution in [0.5, 0.6) is 0 Å². The second-order valence-corrected chi connectivity index (χ2v) is 7.01. The molecule has 0 aliphatic rings. The summed E-state index contributed by atoms with van der Waals surface area (Å²) in [6, 6.07) is 14.2. The van der Waals surface area contributed by atoms with Crippen molar-refractivity contribution in [2.45, 2.75) is 0 Å². The minimum atomic E-state index is -1.24. The van der Waals surface area contributed by atoms with Gasteiger partial charge < -0.3 is 5.11 Å². The van der Waals surface area contributed by atoms with E-state index >= 15 is 0 Å². The van der Waals surface area contributed by atoms with E-state index in [-0.39, 0.29) is 22.1 Å². The number of carboxylic acid groups (broad SMARTS) is 1. The van der Waals surface area contributed by atoms with Gasteiger partial charge >= 0.3 is 5.97 Å². The Morgan fingerprint density at radius 3 is 2.52 bits per heavy atom. The fraction of sp³-hybridized carbons (Fsp3) is 0. The number of nitrogens with zero attached hydrogens (tertiary/aromatic N) is 2. The lowest BCUT2D eigenvalue weighted by molar-refractivity contribution is 0.0697. The number of aromatic nitrogens is 2. The van der Waals surface area contributed by atoms with Gasteiger partial charge in [0.15, 0.2) is 11.6 Å². The molecule has 1 aromatic heterocycles. The molecular weight excluding hydrogens is 426 g/mol. The Balaban J connectivity index is 1.95. The molecule has 1 heterocycles. The molecule has 1 N–H and O–H groups in total. The highest BCUT2D eigenvalue weighted by atomic mass is 35.5. The Labute approximate surface area is 179 Å². The van der Waals surface area contributed by atoms with Gasteiger partial charge in [-0.25, -0.2) is 18.6 Å². The molecule has 0 fully saturated rings. The maximum Gasteiger partial charge on any atom is 0.337 e. The molecule has 0 unspecified atom stereocenters. The fourth-order valence-electron chi connectivity index (χ4n) is 3.11. The van der Waals surface area contributed by atoms with Gasteiger partial charge in [-0.2, -0.15) is 0 Å². The van der Waals surface area contributed by atoms with Crippen molar-refractivity contribution >= 4 is 40.6 Å². The monoisotopic (exact) mass is 438 g/mol. The molecule has 154 valence electrons. The first kappa shape index (κ1) is 20.4. The van der Waals surface area contributed by atoms with E-state index in [0.717, 1.165) is 12.1 Å². The van der Waals surface area contributed by atoms with Crippen LogP contribution in [0.15, 0.2) is 65.5 Å². The molecule has 0 aliphatic heterocycles. The van der Waals surface area contributed by atoms with Crippen LogP contribution in [-0.4, -0.2) is 20.6 Å². The SMILES string of the molecule is O=C(O)c1cc(-n2c(/C=C\c3ccc(F)c(F)c3)nc3ccccc3c2=O)ccc1Cl. The van der Waals surface area contributed by atoms with Crippen molar-refractivity contribution in [2.24, 2.45) is 0 Å². The first-order valence-corrected chi connectivity index (χ1v) is 9.41. The van der Waals surface area contributed by atoms with Gasteiger partial charge in [0.25, 0.3) is 5.56 Å². The summed E-state index contributed by atoms with van der Waals surface area (Å²) in [6.45, 7) is 0. The number of benzene rings is 3. The van der Waals surface area contributed by atoms with Crippen LogP contribution in [0.25, 0.3) is 28.7 Å². The zero-order chi connectivity index (χ0) is 22.1. The van der Waals surface area contributed by atoms with Crippen LogP contribution < -0.4 is 5.56 Å². The largest absolute Gasteiger partial charge is 0.478 e. The zero-order valence-corrected chi connectivity index (χ0v) is 16.5. The van der Waals surface area contributed by atoms with Crippen molar-refractivity contribution in [3.8, 4) is 5.69 Å². The Bertz CT molecular complexity index is 1430. The Morgan fingerprint density at radius 2 is 1.77 bits per heavy atom. The lowest BCUT2D eigenvalue weighted by Crippen LogP contribution is -2.22. The van der Waals surface area contributed by atoms with Crippen LogP contribution in [0, 0.1) is 11.6 Å². The molecule has 4 aromatic rings. The van der Waals surface area contributed by atoms with Gasteiger partial charge in [-0.1, -0.05) is 35.9 Å². The summed E-state index contributed by atoms with van der Waals surface area (Å²) in [7, 11) is 0. The third kappa shape index (κ3) is 3.95. The summed E-state index contributed by atoms with van der Waals surface area (Å²) in [4.78, 5) is 29.2. The van der Waals surface area contributed by atoms with Crippen molar-refractivity contribution in [2.75, 3.05) is 0 Å². The van der Waals surface area contributed by atoms with Gasteiger partial charge in [0.2, 0.25) is 0 Å². The topological polar surface area (TPSA) is 72.2 Å². The molecule has 0 saturated heterocycles. The van der Waals surface area contributed by atoms with Crippen LogP contribution in [0.3, 0.4) is 0 Å². The number of para-hydroxylation sites is 1. The number of fused-ring (bicyclic) bond motifs is 1. The Morgan fingerprint density at radius 1 is 1.00 bits per heavy atom. The van der Waals surface area contributed by atoms with Gasteiger partial charge in [0.1, 0.15) is 5.82 Å². The maximum absolute atomic E-state index is 13.5. The van der Waals surface area contributed by atoms with E-state index in [1.807, 2.05) is 0 Å². The molecule has 5 nitrogen and oxygen atoms in total. The number of halogens is 3. The van der Waals surface area contributed by atoms with E-state index in [1.54, 1.807) is 24.3 Å². The van der Waals surface area contributed by atoms with E-state index in [4.69, 9.17) is 11.6 Å². The molecule has 0 saturated carbocycles. The second kappa shape index (κ2) is 8.12. The summed E-state index contributed by atoms with van der Waals surface area (Å²) in [5.41, 5.74) is 0.440. The average molecular weight is 439 g/mol. The van der Waals surface area contributed by atoms with E-state index in [1.165, 1.54) is 41.0 Å². The van der Waals surface area contributed by atoms with E-state index in [0.29, 0.717) is 16.5 Å². The third-order valence-corrected chi connectivity index (χ3v) is 4.94. The minimum absolute atomic E-state index is 0.0249. The van der Waals surface area contributed by atoms with E-state index in [9.17, 15) is 23.5 Å². The number of rotatable bonds is 4. The molecule has 0 atom stereocenters. The first-order valence-electron chi connectivity index (χ1n) is 9.03. The first-order chi connectivity index (χ1) is 14.8. The smallest absolute Gasteiger partial charge is 0.337 e. The highest BCUT2D eigenvalue weighted by Gasteiger charge is 2.15. The molecule has 31 heavy (non-hydrogen) atoms. The molecule has 8 heteroatoms. The average Bonchev–Trinajstić information content (AvgIpc) is 2.75. The molecule has 0 aliphatic carbocycles. The number of hydrogen-bond acceptors (Lipinski definition) is 3. The molecule has 4 rings (SSSR count). The molecular formula is C23H13ClF2N2O3. The van der Waals surface area contributed by atoms with Gasteiger partial charge in [0.05, 0.1) is 27.2 Å². The highest BCUT2D eigenvalue weighted by molar-refractivity contribution is 6.33. The van der Waals surface area contributed by atoms with Gasteiger partial charge in [0, 0.05) is 0 Å². The number of hydrogen-bond donors (Lipinski definition) is 1. The number of aromatic carboxylic acids is 1. The molecule has 0 amide bonds. The van der Waals surface area contributed by atoms with Crippen LogP contribution in [0.1, 0.15) is 21.7 Å². The second-order valence-electron chi connectivity index (χ2n) is 6.60. The molecule has 3 aromatic carbocycles. The van der Waals surface area contributed by atoms with E-state index in [2.05, 4.69) is 4.98 Å². The summed E-state index contributed by atoms with van der Waals surface area (Å²) in [5, 5.41) is 9.74. The summed E-state index contributed by atoms with van der Waals surface area (Å²) in [6.07, 6.45) is 2.94. The van der Waals surface area contributed by atoms with Crippen LogP contribution in [-0.2, 0) is 0 Å². The van der Waals surface area contributed by atoms with Gasteiger partial charge in [-0.15, -0.1) is 0 Å². The molecule has 0 spiro atoms. The lowest BCUT2D eigenvalue weighted by Gasteiger charge is -2.12. The van der Waals surface area contributed by atoms with Crippen molar-refractivity contribution in [1.29, 1.82) is 0 Å². The summed E-state index contributed by atoms with van der Waals surface area (Å²) < 4.78 is 28.0. The lowest BCUT2D eigenvalue weighted by atomic mass is 10.1. The Kier molecular flexibility index (Phi) is 5.35. The highest BCUT2D eigenvalue weighted by Crippen LogP contribution is 2.22. The van der Waals surface area contributed by atoms with Crippen molar-refractivity contribution < 1.29 is 18.7 Å². The quantitative estimate of drug-likeness (QED) is 0.476. The van der Waals surface area contributed by atoms with Crippen LogP contribution >= 0.6 is 11.6 Å². The normalized spacial score (nSPS) is 11.3. The standard InChI is InChI=1S/C23H13ClF2N2O3/c24-17-8-7-14(12-16(17)23(30)31)28-21(10-6-13-5-9-18(25)19(26)11-13)27-20-4-2-1-3-15(20)22(28)29/h1-12H,(H,30,31)/b10-6-. The van der Waals surface area contributed by atoms with Gasteiger partial charge in [-0.05, 0) is 54.1 Å². The zero-order valence-electron chi connectivity index (χ0n) is 15.7. The maximum atomic E-state index is 13.5. The van der Waals surface area contributed by atoms with Crippen LogP contribution in [0.2, 0.25) is 5.02 Å².